The number of anilines is 2. The van der Waals surface area contributed by atoms with Gasteiger partial charge in [0, 0.05) is 30.1 Å². The number of hydrogen-bond donors (Lipinski definition) is 4. The van der Waals surface area contributed by atoms with E-state index in [2.05, 4.69) is 20.9 Å². The number of H-pyrrole nitrogens is 1. The van der Waals surface area contributed by atoms with Gasteiger partial charge < -0.3 is 20.9 Å². The lowest BCUT2D eigenvalue weighted by Gasteiger charge is -2.30. The van der Waals surface area contributed by atoms with Gasteiger partial charge in [0.25, 0.3) is 0 Å². The molecule has 0 saturated heterocycles. The summed E-state index contributed by atoms with van der Waals surface area (Å²) < 4.78 is 0. The van der Waals surface area contributed by atoms with Gasteiger partial charge >= 0.3 is 6.03 Å². The zero-order valence-electron chi connectivity index (χ0n) is 19.7. The zero-order chi connectivity index (χ0) is 24.9. The predicted molar refractivity (Wildman–Crippen MR) is 140 cm³/mol. The third kappa shape index (κ3) is 5.07. The van der Waals surface area contributed by atoms with Crippen LogP contribution in [0.25, 0.3) is 10.9 Å². The van der Waals surface area contributed by atoms with Crippen LogP contribution in [-0.2, 0) is 22.4 Å². The number of benzene rings is 3. The highest BCUT2D eigenvalue weighted by Gasteiger charge is 2.30. The van der Waals surface area contributed by atoms with Crippen LogP contribution in [0.1, 0.15) is 11.1 Å². The Morgan fingerprint density at radius 3 is 2.56 bits per heavy atom. The minimum Gasteiger partial charge on any atom is -0.361 e. The third-order valence-electron chi connectivity index (χ3n) is 6.28. The van der Waals surface area contributed by atoms with E-state index in [9.17, 15) is 14.4 Å². The highest BCUT2D eigenvalue weighted by atomic mass is 16.2. The Labute approximate surface area is 208 Å². The predicted octanol–water partition coefficient (Wildman–Crippen LogP) is 3.61. The Kier molecular flexibility index (Phi) is 6.66. The second-order valence-electron chi connectivity index (χ2n) is 8.74. The minimum atomic E-state index is -0.806. The first-order valence-electron chi connectivity index (χ1n) is 11.9. The van der Waals surface area contributed by atoms with E-state index in [-0.39, 0.29) is 18.4 Å². The van der Waals surface area contributed by atoms with Crippen LogP contribution in [0, 0.1) is 0 Å². The van der Waals surface area contributed by atoms with Crippen LogP contribution in [0.2, 0.25) is 0 Å². The number of aromatic nitrogens is 1. The fourth-order valence-electron chi connectivity index (χ4n) is 4.48. The van der Waals surface area contributed by atoms with Crippen LogP contribution in [0.4, 0.5) is 16.2 Å². The fourth-order valence-corrected chi connectivity index (χ4v) is 4.48. The highest BCUT2D eigenvalue weighted by Crippen LogP contribution is 2.28. The molecule has 1 aliphatic heterocycles. The van der Waals surface area contributed by atoms with Gasteiger partial charge in [-0.1, -0.05) is 60.7 Å². The van der Waals surface area contributed by atoms with Crippen LogP contribution in [0.3, 0.4) is 0 Å². The van der Waals surface area contributed by atoms with Crippen molar-refractivity contribution < 1.29 is 14.4 Å². The molecule has 182 valence electrons. The van der Waals surface area contributed by atoms with Gasteiger partial charge in [-0.15, -0.1) is 0 Å². The number of carbonyl (C=O) groups excluding carboxylic acids is 3. The molecule has 0 aliphatic carbocycles. The zero-order valence-corrected chi connectivity index (χ0v) is 19.7. The molecule has 0 spiro atoms. The minimum absolute atomic E-state index is 0.122. The molecule has 8 heteroatoms. The Bertz CT molecular complexity index is 1400. The molecule has 4 aromatic rings. The van der Waals surface area contributed by atoms with Crippen molar-refractivity contribution in [1.82, 2.24) is 15.6 Å². The average Bonchev–Trinajstić information content (AvgIpc) is 3.31. The van der Waals surface area contributed by atoms with E-state index in [1.54, 1.807) is 24.3 Å². The molecule has 3 aromatic carbocycles. The van der Waals surface area contributed by atoms with Gasteiger partial charge in [0.15, 0.2) is 0 Å². The lowest BCUT2D eigenvalue weighted by Crippen LogP contribution is -2.54. The second-order valence-corrected chi connectivity index (χ2v) is 8.74. The lowest BCUT2D eigenvalue weighted by molar-refractivity contribution is -0.122. The molecule has 36 heavy (non-hydrogen) atoms. The quantitative estimate of drug-likeness (QED) is 0.324. The monoisotopic (exact) mass is 481 g/mol. The van der Waals surface area contributed by atoms with Crippen LogP contribution >= 0.6 is 0 Å². The molecular formula is C28H27N5O3. The van der Waals surface area contributed by atoms with E-state index in [4.69, 9.17) is 0 Å². The molecule has 0 saturated carbocycles. The van der Waals surface area contributed by atoms with Crippen molar-refractivity contribution in [2.24, 2.45) is 0 Å². The molecule has 0 bridgehead atoms. The first-order valence-corrected chi connectivity index (χ1v) is 11.9. The first kappa shape index (κ1) is 23.2. The molecule has 0 unspecified atom stereocenters. The van der Waals surface area contributed by atoms with Crippen molar-refractivity contribution in [1.29, 1.82) is 0 Å². The normalized spacial score (nSPS) is 13.6. The summed E-state index contributed by atoms with van der Waals surface area (Å²) in [6.45, 7) is 0.305. The average molecular weight is 482 g/mol. The standard InChI is InChI=1S/C28H27N5O3/c34-26-18-33(25-13-7-6-12-23(25)31-26)28(36)32-24(16-19-8-2-1-3-9-19)27(35)29-15-14-20-17-30-22-11-5-4-10-21(20)22/h1-13,17,24,30H,14-16,18H2,(H,29,35)(H,31,34)(H,32,36)/t24-/m0/s1. The van der Waals surface area contributed by atoms with Crippen molar-refractivity contribution >= 4 is 40.1 Å². The van der Waals surface area contributed by atoms with E-state index >= 15 is 0 Å². The maximum atomic E-state index is 13.3. The van der Waals surface area contributed by atoms with Crippen molar-refractivity contribution in [2.75, 3.05) is 23.3 Å². The summed E-state index contributed by atoms with van der Waals surface area (Å²) in [5, 5.41) is 9.74. The molecule has 1 aliphatic rings. The molecule has 1 atom stereocenters. The van der Waals surface area contributed by atoms with Crippen molar-refractivity contribution in [2.45, 2.75) is 18.9 Å². The Morgan fingerprint density at radius 1 is 0.944 bits per heavy atom. The number of fused-ring (bicyclic) bond motifs is 2. The summed E-state index contributed by atoms with van der Waals surface area (Å²) in [7, 11) is 0. The van der Waals surface area contributed by atoms with E-state index < -0.39 is 12.1 Å². The summed E-state index contributed by atoms with van der Waals surface area (Å²) in [6, 6.07) is 23.4. The Morgan fingerprint density at radius 2 is 1.69 bits per heavy atom. The number of aromatic amines is 1. The van der Waals surface area contributed by atoms with Crippen molar-refractivity contribution in [3.8, 4) is 0 Å². The van der Waals surface area contributed by atoms with Crippen LogP contribution in [0.5, 0.6) is 0 Å². The molecule has 1 aromatic heterocycles. The molecule has 8 nitrogen and oxygen atoms in total. The van der Waals surface area contributed by atoms with E-state index in [1.165, 1.54) is 4.90 Å². The molecule has 0 radical (unpaired) electrons. The maximum absolute atomic E-state index is 13.3. The van der Waals surface area contributed by atoms with E-state index in [1.807, 2.05) is 60.8 Å². The highest BCUT2D eigenvalue weighted by molar-refractivity contribution is 6.10. The van der Waals surface area contributed by atoms with Gasteiger partial charge in [-0.05, 0) is 35.7 Å². The third-order valence-corrected chi connectivity index (χ3v) is 6.28. The molecule has 4 amide bonds. The van der Waals surface area contributed by atoms with Gasteiger partial charge in [-0.25, -0.2) is 4.79 Å². The number of urea groups is 1. The van der Waals surface area contributed by atoms with Gasteiger partial charge in [-0.3, -0.25) is 14.5 Å². The molecular weight excluding hydrogens is 454 g/mol. The summed E-state index contributed by atoms with van der Waals surface area (Å²) in [5.74, 6) is -0.562. The van der Waals surface area contributed by atoms with Gasteiger partial charge in [0.2, 0.25) is 11.8 Å². The summed E-state index contributed by atoms with van der Waals surface area (Å²) in [6.07, 6.45) is 2.94. The van der Waals surface area contributed by atoms with Crippen LogP contribution < -0.4 is 20.9 Å². The van der Waals surface area contributed by atoms with E-state index in [0.29, 0.717) is 30.8 Å². The number of nitrogens with one attached hydrogen (secondary N) is 4. The van der Waals surface area contributed by atoms with Gasteiger partial charge in [0.1, 0.15) is 12.6 Å². The summed E-state index contributed by atoms with van der Waals surface area (Å²) in [5.41, 5.74) is 4.25. The van der Waals surface area contributed by atoms with Crippen LogP contribution in [-0.4, -0.2) is 42.0 Å². The fraction of sp³-hybridized carbons (Fsp3) is 0.179. The molecule has 2 heterocycles. The van der Waals surface area contributed by atoms with Crippen LogP contribution in [0.15, 0.2) is 85.1 Å². The number of para-hydroxylation sites is 3. The first-order chi connectivity index (χ1) is 17.6. The van der Waals surface area contributed by atoms with Gasteiger partial charge in [-0.2, -0.15) is 0 Å². The molecule has 5 rings (SSSR count). The Balaban J connectivity index is 1.29. The smallest absolute Gasteiger partial charge is 0.323 e. The summed E-state index contributed by atoms with van der Waals surface area (Å²) in [4.78, 5) is 43.3. The number of rotatable bonds is 7. The largest absolute Gasteiger partial charge is 0.361 e. The Hall–Kier alpha value is -4.59. The number of amides is 4. The van der Waals surface area contributed by atoms with Crippen molar-refractivity contribution in [3.05, 3.63) is 96.2 Å². The van der Waals surface area contributed by atoms with Gasteiger partial charge in [0.05, 0.1) is 11.4 Å². The maximum Gasteiger partial charge on any atom is 0.323 e. The topological polar surface area (TPSA) is 106 Å². The molecule has 4 N–H and O–H groups in total. The summed E-state index contributed by atoms with van der Waals surface area (Å²) >= 11 is 0. The van der Waals surface area contributed by atoms with Crippen molar-refractivity contribution in [3.63, 3.8) is 0 Å². The SMILES string of the molecule is O=C1CN(C(=O)N[C@@H](Cc2ccccc2)C(=O)NCCc2c[nH]c3ccccc23)c2ccccc2N1. The second kappa shape index (κ2) is 10.4. The number of nitrogens with zero attached hydrogens (tertiary/aromatic N) is 1. The number of hydrogen-bond acceptors (Lipinski definition) is 3. The lowest BCUT2D eigenvalue weighted by atomic mass is 10.0. The number of carbonyl (C=O) groups is 3. The molecule has 0 fully saturated rings. The van der Waals surface area contributed by atoms with E-state index in [0.717, 1.165) is 22.0 Å².